The number of rotatable bonds is 4. The molecule has 138 valence electrons. The van der Waals surface area contributed by atoms with Crippen molar-refractivity contribution in [1.29, 1.82) is 0 Å². The molecule has 2 heterocycles. The van der Waals surface area contributed by atoms with Crippen LogP contribution in [0.5, 0.6) is 0 Å². The predicted molar refractivity (Wildman–Crippen MR) is 114 cm³/mol. The van der Waals surface area contributed by atoms with E-state index in [1.807, 2.05) is 23.6 Å². The minimum atomic E-state index is -0.134. The predicted octanol–water partition coefficient (Wildman–Crippen LogP) is 4.88. The van der Waals surface area contributed by atoms with Crippen LogP contribution in [0.25, 0.3) is 21.8 Å². The van der Waals surface area contributed by atoms with Crippen LogP contribution < -0.4 is 5.32 Å². The number of thiophene rings is 1. The second kappa shape index (κ2) is 6.85. The van der Waals surface area contributed by atoms with Gasteiger partial charge in [-0.25, -0.2) is 0 Å². The van der Waals surface area contributed by atoms with Gasteiger partial charge in [-0.2, -0.15) is 5.10 Å². The molecule has 0 saturated carbocycles. The smallest absolute Gasteiger partial charge is 0.244 e. The highest BCUT2D eigenvalue weighted by Crippen LogP contribution is 2.37. The molecule has 2 aromatic carbocycles. The van der Waals surface area contributed by atoms with Gasteiger partial charge in [0.15, 0.2) is 10.6 Å². The second-order valence-corrected chi connectivity index (χ2v) is 8.00. The van der Waals surface area contributed by atoms with E-state index in [1.54, 1.807) is 15.9 Å². The summed E-state index contributed by atoms with van der Waals surface area (Å²) < 4.78 is 2.16. The number of amides is 1. The van der Waals surface area contributed by atoms with E-state index in [0.29, 0.717) is 10.6 Å². The van der Waals surface area contributed by atoms with Crippen LogP contribution in [0.3, 0.4) is 0 Å². The molecule has 1 aliphatic rings. The first kappa shape index (κ1) is 17.1. The van der Waals surface area contributed by atoms with E-state index in [0.717, 1.165) is 17.0 Å². The van der Waals surface area contributed by atoms with Gasteiger partial charge in [0.1, 0.15) is 6.54 Å². The third-order valence-corrected chi connectivity index (χ3v) is 6.06. The highest BCUT2D eigenvalue weighted by atomic mass is 32.1. The Morgan fingerprint density at radius 2 is 2.00 bits per heavy atom. The fourth-order valence-electron chi connectivity index (χ4n) is 3.63. The summed E-state index contributed by atoms with van der Waals surface area (Å²) in [6.07, 6.45) is 0.893. The molecule has 1 aliphatic carbocycles. The van der Waals surface area contributed by atoms with Crippen LogP contribution >= 0.6 is 23.6 Å². The van der Waals surface area contributed by atoms with Crippen molar-refractivity contribution in [3.63, 3.8) is 0 Å². The molecule has 0 atom stereocenters. The summed E-state index contributed by atoms with van der Waals surface area (Å²) in [5, 5.41) is 12.0. The molecular formula is C21H16N4OS2. The van der Waals surface area contributed by atoms with Crippen molar-refractivity contribution >= 4 is 35.1 Å². The first-order valence-corrected chi connectivity index (χ1v) is 10.2. The summed E-state index contributed by atoms with van der Waals surface area (Å²) in [4.78, 5) is 13.6. The Kier molecular flexibility index (Phi) is 4.18. The molecule has 0 spiro atoms. The van der Waals surface area contributed by atoms with Gasteiger partial charge in [-0.05, 0) is 64.5 Å². The van der Waals surface area contributed by atoms with Gasteiger partial charge >= 0.3 is 0 Å². The average Bonchev–Trinajstić information content (AvgIpc) is 3.41. The topological polar surface area (TPSA) is 62.7 Å². The highest BCUT2D eigenvalue weighted by Gasteiger charge is 2.19. The normalized spacial score (nSPS) is 11.9. The van der Waals surface area contributed by atoms with Crippen LogP contribution in [-0.2, 0) is 17.8 Å². The lowest BCUT2D eigenvalue weighted by molar-refractivity contribution is -0.116. The number of hydrogen-bond donors (Lipinski definition) is 2. The molecule has 0 unspecified atom stereocenters. The zero-order valence-electron chi connectivity index (χ0n) is 14.8. The number of benzene rings is 2. The van der Waals surface area contributed by atoms with E-state index >= 15 is 0 Å². The van der Waals surface area contributed by atoms with Crippen LogP contribution in [0.2, 0.25) is 0 Å². The van der Waals surface area contributed by atoms with Gasteiger partial charge in [0.25, 0.3) is 0 Å². The second-order valence-electron chi connectivity index (χ2n) is 6.67. The van der Waals surface area contributed by atoms with Crippen molar-refractivity contribution in [1.82, 2.24) is 14.8 Å². The Morgan fingerprint density at radius 3 is 2.86 bits per heavy atom. The Balaban J connectivity index is 1.36. The Bertz CT molecular complexity index is 1240. The monoisotopic (exact) mass is 404 g/mol. The minimum Gasteiger partial charge on any atom is -0.325 e. The molecule has 0 fully saturated rings. The van der Waals surface area contributed by atoms with Crippen LogP contribution in [0.1, 0.15) is 11.1 Å². The lowest BCUT2D eigenvalue weighted by Gasteiger charge is -2.09. The van der Waals surface area contributed by atoms with E-state index in [2.05, 4.69) is 51.9 Å². The molecule has 5 rings (SSSR count). The number of nitrogens with zero attached hydrogens (tertiary/aromatic N) is 2. The van der Waals surface area contributed by atoms with Crippen LogP contribution in [-0.4, -0.2) is 20.7 Å². The number of carbonyl (C=O) groups is 1. The zero-order valence-corrected chi connectivity index (χ0v) is 16.4. The first-order valence-electron chi connectivity index (χ1n) is 8.89. The summed E-state index contributed by atoms with van der Waals surface area (Å²) in [5.74, 6) is 0.547. The maximum atomic E-state index is 12.7. The third-order valence-electron chi connectivity index (χ3n) is 4.88. The van der Waals surface area contributed by atoms with E-state index in [-0.39, 0.29) is 12.5 Å². The van der Waals surface area contributed by atoms with E-state index in [9.17, 15) is 4.79 Å². The van der Waals surface area contributed by atoms with Crippen molar-refractivity contribution in [3.05, 3.63) is 75.9 Å². The lowest BCUT2D eigenvalue weighted by Crippen LogP contribution is -2.19. The standard InChI is InChI=1S/C21H16N4OS2/c26-19(12-25-20(23-24-21(25)27)18-6-3-9-28-18)22-15-7-8-17-14(11-15)10-13-4-1-2-5-16(13)17/h1-9,11H,10,12H2,(H,22,26)(H,24,27). The Labute approximate surface area is 170 Å². The van der Waals surface area contributed by atoms with Crippen molar-refractivity contribution in [2.45, 2.75) is 13.0 Å². The fraction of sp³-hybridized carbons (Fsp3) is 0.0952. The zero-order chi connectivity index (χ0) is 19.1. The Morgan fingerprint density at radius 1 is 1.14 bits per heavy atom. The number of aromatic nitrogens is 3. The van der Waals surface area contributed by atoms with Crippen LogP contribution in [0, 0.1) is 4.77 Å². The summed E-state index contributed by atoms with van der Waals surface area (Å²) >= 11 is 6.87. The van der Waals surface area contributed by atoms with Gasteiger partial charge in [0.2, 0.25) is 5.91 Å². The molecular weight excluding hydrogens is 388 g/mol. The number of hydrogen-bond acceptors (Lipinski definition) is 4. The molecule has 2 aromatic heterocycles. The maximum absolute atomic E-state index is 12.7. The molecule has 5 nitrogen and oxygen atoms in total. The number of anilines is 1. The average molecular weight is 405 g/mol. The van der Waals surface area contributed by atoms with Crippen molar-refractivity contribution in [2.24, 2.45) is 0 Å². The molecule has 28 heavy (non-hydrogen) atoms. The SMILES string of the molecule is O=C(Cn1c(-c2cccs2)n[nH]c1=S)Nc1ccc2c(c1)Cc1ccccc1-2. The van der Waals surface area contributed by atoms with Gasteiger partial charge in [0.05, 0.1) is 4.88 Å². The van der Waals surface area contributed by atoms with Crippen molar-refractivity contribution < 1.29 is 4.79 Å². The van der Waals surface area contributed by atoms with E-state index in [4.69, 9.17) is 12.2 Å². The Hall–Kier alpha value is -3.03. The van der Waals surface area contributed by atoms with Gasteiger partial charge in [-0.3, -0.25) is 14.5 Å². The number of H-pyrrole nitrogens is 1. The van der Waals surface area contributed by atoms with Gasteiger partial charge in [0, 0.05) is 5.69 Å². The van der Waals surface area contributed by atoms with Gasteiger partial charge < -0.3 is 5.32 Å². The van der Waals surface area contributed by atoms with Crippen LogP contribution in [0.4, 0.5) is 5.69 Å². The molecule has 0 bridgehead atoms. The molecule has 1 amide bonds. The summed E-state index contributed by atoms with van der Waals surface area (Å²) in [6, 6.07) is 18.4. The number of nitrogens with one attached hydrogen (secondary N) is 2. The fourth-order valence-corrected chi connectivity index (χ4v) is 4.54. The molecule has 2 N–H and O–H groups in total. The summed E-state index contributed by atoms with van der Waals surface area (Å²) in [7, 11) is 0. The number of carbonyl (C=O) groups excluding carboxylic acids is 1. The van der Waals surface area contributed by atoms with E-state index < -0.39 is 0 Å². The maximum Gasteiger partial charge on any atom is 0.244 e. The van der Waals surface area contributed by atoms with Crippen molar-refractivity contribution in [3.8, 4) is 21.8 Å². The largest absolute Gasteiger partial charge is 0.325 e. The van der Waals surface area contributed by atoms with Crippen LogP contribution in [0.15, 0.2) is 60.0 Å². The van der Waals surface area contributed by atoms with E-state index in [1.165, 1.54) is 22.3 Å². The molecule has 7 heteroatoms. The van der Waals surface area contributed by atoms with Gasteiger partial charge in [-0.15, -0.1) is 11.3 Å². The molecule has 4 aromatic rings. The quantitative estimate of drug-likeness (QED) is 0.420. The number of fused-ring (bicyclic) bond motifs is 3. The highest BCUT2D eigenvalue weighted by molar-refractivity contribution is 7.71. The first-order chi connectivity index (χ1) is 13.7. The van der Waals surface area contributed by atoms with Gasteiger partial charge in [-0.1, -0.05) is 36.4 Å². The number of aromatic amines is 1. The summed E-state index contributed by atoms with van der Waals surface area (Å²) in [6.45, 7) is 0.111. The van der Waals surface area contributed by atoms with Crippen molar-refractivity contribution in [2.75, 3.05) is 5.32 Å². The molecule has 0 radical (unpaired) electrons. The molecule has 0 aliphatic heterocycles. The molecule has 0 saturated heterocycles. The summed E-state index contributed by atoms with van der Waals surface area (Å²) in [5.41, 5.74) is 5.88. The lowest BCUT2D eigenvalue weighted by atomic mass is 10.1. The minimum absolute atomic E-state index is 0.111. The third kappa shape index (κ3) is 2.98.